The highest BCUT2D eigenvalue weighted by Crippen LogP contribution is 2.28. The number of hydrogen-bond acceptors (Lipinski definition) is 5. The van der Waals surface area contributed by atoms with Gasteiger partial charge in [-0.1, -0.05) is 23.8 Å². The lowest BCUT2D eigenvalue weighted by molar-refractivity contribution is -0.128. The maximum atomic E-state index is 12.9. The molecular weight excluding hydrogens is 368 g/mol. The Balaban J connectivity index is 1.87. The summed E-state index contributed by atoms with van der Waals surface area (Å²) >= 11 is 0. The van der Waals surface area contributed by atoms with Gasteiger partial charge in [-0.25, -0.2) is 12.7 Å². The summed E-state index contributed by atoms with van der Waals surface area (Å²) in [6, 6.07) is 11.8. The Morgan fingerprint density at radius 2 is 1.89 bits per heavy atom. The highest BCUT2D eigenvalue weighted by atomic mass is 32.2. The number of amides is 2. The Morgan fingerprint density at radius 3 is 2.56 bits per heavy atom. The molecule has 8 heteroatoms. The Hall–Kier alpha value is -2.87. The quantitative estimate of drug-likeness (QED) is 0.849. The summed E-state index contributed by atoms with van der Waals surface area (Å²) in [4.78, 5) is 25.0. The molecule has 1 aliphatic rings. The fourth-order valence-corrected chi connectivity index (χ4v) is 4.55. The van der Waals surface area contributed by atoms with Crippen molar-refractivity contribution in [1.82, 2.24) is 4.31 Å². The van der Waals surface area contributed by atoms with Gasteiger partial charge < -0.3 is 10.1 Å². The number of hydrogen-bond donors (Lipinski definition) is 1. The van der Waals surface area contributed by atoms with Crippen LogP contribution in [0.5, 0.6) is 5.75 Å². The van der Waals surface area contributed by atoms with E-state index in [0.717, 1.165) is 5.56 Å². The van der Waals surface area contributed by atoms with Gasteiger partial charge in [0.2, 0.25) is 11.8 Å². The second-order valence-corrected chi connectivity index (χ2v) is 8.10. The van der Waals surface area contributed by atoms with Crippen LogP contribution in [0.2, 0.25) is 0 Å². The molecule has 1 fully saturated rings. The number of sulfonamides is 1. The van der Waals surface area contributed by atoms with Crippen molar-refractivity contribution >= 4 is 27.5 Å². The molecule has 0 radical (unpaired) electrons. The molecule has 7 nitrogen and oxygen atoms in total. The molecule has 3 rings (SSSR count). The van der Waals surface area contributed by atoms with E-state index in [2.05, 4.69) is 5.32 Å². The average molecular weight is 388 g/mol. The molecule has 1 atom stereocenters. The van der Waals surface area contributed by atoms with Crippen molar-refractivity contribution < 1.29 is 22.7 Å². The van der Waals surface area contributed by atoms with Crippen molar-refractivity contribution in [3.63, 3.8) is 0 Å². The van der Waals surface area contributed by atoms with Crippen LogP contribution in [-0.4, -0.2) is 37.7 Å². The Labute approximate surface area is 158 Å². The van der Waals surface area contributed by atoms with E-state index in [1.165, 1.54) is 19.2 Å². The summed E-state index contributed by atoms with van der Waals surface area (Å²) in [6.45, 7) is 1.84. The third-order valence-electron chi connectivity index (χ3n) is 4.38. The molecule has 1 N–H and O–H groups in total. The number of nitrogens with zero attached hydrogens (tertiary/aromatic N) is 1. The average Bonchev–Trinajstić information content (AvgIpc) is 3.05. The molecule has 2 aromatic rings. The molecule has 0 spiro atoms. The van der Waals surface area contributed by atoms with Gasteiger partial charge in [-0.15, -0.1) is 0 Å². The zero-order valence-corrected chi connectivity index (χ0v) is 15.8. The van der Waals surface area contributed by atoms with Crippen LogP contribution in [0.4, 0.5) is 5.69 Å². The fraction of sp³-hybridized carbons (Fsp3) is 0.263. The van der Waals surface area contributed by atoms with E-state index in [9.17, 15) is 18.0 Å². The van der Waals surface area contributed by atoms with E-state index in [-0.39, 0.29) is 17.7 Å². The molecule has 1 heterocycles. The number of carbonyl (C=O) groups excluding carboxylic acids is 2. The van der Waals surface area contributed by atoms with Gasteiger partial charge in [0.1, 0.15) is 11.8 Å². The van der Waals surface area contributed by atoms with E-state index in [1.807, 2.05) is 6.92 Å². The van der Waals surface area contributed by atoms with Gasteiger partial charge in [-0.3, -0.25) is 9.59 Å². The molecule has 0 saturated carbocycles. The molecule has 1 unspecified atom stereocenters. The first kappa shape index (κ1) is 18.9. The minimum absolute atomic E-state index is 0.00128. The normalized spacial score (nSPS) is 17.0. The molecule has 27 heavy (non-hydrogen) atoms. The number of carbonyl (C=O) groups is 2. The third-order valence-corrected chi connectivity index (χ3v) is 6.22. The third kappa shape index (κ3) is 3.80. The molecule has 0 aliphatic carbocycles. The summed E-state index contributed by atoms with van der Waals surface area (Å²) in [5, 5.41) is 2.66. The van der Waals surface area contributed by atoms with Crippen LogP contribution in [0.15, 0.2) is 53.4 Å². The first-order valence-electron chi connectivity index (χ1n) is 8.42. The maximum Gasteiger partial charge on any atom is 0.267 e. The van der Waals surface area contributed by atoms with Crippen molar-refractivity contribution in [2.45, 2.75) is 30.7 Å². The molecular formula is C19H20N2O5S. The number of anilines is 1. The fourth-order valence-electron chi connectivity index (χ4n) is 2.95. The lowest BCUT2D eigenvalue weighted by atomic mass is 10.2. The summed E-state index contributed by atoms with van der Waals surface area (Å²) < 4.78 is 31.7. The zero-order chi connectivity index (χ0) is 19.6. The predicted octanol–water partition coefficient (Wildman–Crippen LogP) is 2.32. The van der Waals surface area contributed by atoms with Gasteiger partial charge in [0.25, 0.3) is 10.0 Å². The molecule has 1 saturated heterocycles. The van der Waals surface area contributed by atoms with Crippen LogP contribution < -0.4 is 10.1 Å². The smallest absolute Gasteiger partial charge is 0.267 e. The highest BCUT2D eigenvalue weighted by Gasteiger charge is 2.44. The molecule has 142 valence electrons. The topological polar surface area (TPSA) is 92.8 Å². The molecule has 2 amide bonds. The van der Waals surface area contributed by atoms with Crippen LogP contribution in [0.25, 0.3) is 0 Å². The summed E-state index contributed by atoms with van der Waals surface area (Å²) in [5.41, 5.74) is 1.36. The van der Waals surface area contributed by atoms with Crippen molar-refractivity contribution in [2.24, 2.45) is 0 Å². The van der Waals surface area contributed by atoms with E-state index < -0.39 is 27.9 Å². The van der Waals surface area contributed by atoms with Gasteiger partial charge in [0, 0.05) is 18.2 Å². The van der Waals surface area contributed by atoms with E-state index in [0.29, 0.717) is 15.7 Å². The van der Waals surface area contributed by atoms with Crippen molar-refractivity contribution in [3.8, 4) is 5.75 Å². The van der Waals surface area contributed by atoms with Crippen molar-refractivity contribution in [3.05, 3.63) is 54.1 Å². The Bertz CT molecular complexity index is 970. The second kappa shape index (κ2) is 7.40. The monoisotopic (exact) mass is 388 g/mol. The summed E-state index contributed by atoms with van der Waals surface area (Å²) in [7, 11) is -2.60. The van der Waals surface area contributed by atoms with Crippen molar-refractivity contribution in [2.75, 3.05) is 12.4 Å². The van der Waals surface area contributed by atoms with E-state index in [1.54, 1.807) is 36.4 Å². The lowest BCUT2D eigenvalue weighted by Gasteiger charge is -2.23. The van der Waals surface area contributed by atoms with Gasteiger partial charge in [0.05, 0.1) is 12.0 Å². The van der Waals surface area contributed by atoms with Crippen LogP contribution >= 0.6 is 0 Å². The summed E-state index contributed by atoms with van der Waals surface area (Å²) in [5.74, 6) is -0.578. The minimum Gasteiger partial charge on any atom is -0.497 e. The number of rotatable bonds is 5. The molecule has 1 aliphatic heterocycles. The number of benzene rings is 2. The largest absolute Gasteiger partial charge is 0.497 e. The number of aryl methyl sites for hydroxylation is 1. The molecule has 2 aromatic carbocycles. The van der Waals surface area contributed by atoms with Crippen LogP contribution in [0, 0.1) is 6.92 Å². The predicted molar refractivity (Wildman–Crippen MR) is 99.9 cm³/mol. The second-order valence-electron chi connectivity index (χ2n) is 6.28. The zero-order valence-electron chi connectivity index (χ0n) is 15.0. The van der Waals surface area contributed by atoms with Gasteiger partial charge in [-0.05, 0) is 37.6 Å². The molecule has 0 aromatic heterocycles. The summed E-state index contributed by atoms with van der Waals surface area (Å²) in [6.07, 6.45) is 0.140. The van der Waals surface area contributed by atoms with Gasteiger partial charge >= 0.3 is 0 Å². The van der Waals surface area contributed by atoms with E-state index >= 15 is 0 Å². The molecule has 0 bridgehead atoms. The Morgan fingerprint density at radius 1 is 1.19 bits per heavy atom. The van der Waals surface area contributed by atoms with Crippen molar-refractivity contribution in [1.29, 1.82) is 0 Å². The number of nitrogens with one attached hydrogen (secondary N) is 1. The highest BCUT2D eigenvalue weighted by molar-refractivity contribution is 7.89. The SMILES string of the molecule is COc1cccc(NC(=O)C2CCC(=O)N2S(=O)(=O)c2ccc(C)cc2)c1. The number of ether oxygens (including phenoxy) is 1. The van der Waals surface area contributed by atoms with Crippen LogP contribution in [-0.2, 0) is 19.6 Å². The van der Waals surface area contributed by atoms with Gasteiger partial charge in [0.15, 0.2) is 0 Å². The standard InChI is InChI=1S/C19H20N2O5S/c1-13-6-8-16(9-7-13)27(24,25)21-17(10-11-18(21)22)19(23)20-14-4-3-5-15(12-14)26-2/h3-9,12,17H,10-11H2,1-2H3,(H,20,23). The maximum absolute atomic E-state index is 12.9. The first-order chi connectivity index (χ1) is 12.8. The van der Waals surface area contributed by atoms with Crippen LogP contribution in [0.1, 0.15) is 18.4 Å². The van der Waals surface area contributed by atoms with Crippen LogP contribution in [0.3, 0.4) is 0 Å². The van der Waals surface area contributed by atoms with E-state index in [4.69, 9.17) is 4.74 Å². The minimum atomic E-state index is -4.11. The lowest BCUT2D eigenvalue weighted by Crippen LogP contribution is -2.45. The first-order valence-corrected chi connectivity index (χ1v) is 9.86. The van der Waals surface area contributed by atoms with Gasteiger partial charge in [-0.2, -0.15) is 0 Å². The number of methoxy groups -OCH3 is 1. The Kier molecular flexibility index (Phi) is 5.18.